The van der Waals surface area contributed by atoms with E-state index in [1.165, 1.54) is 0 Å². The number of hydrogen-bond acceptors (Lipinski definition) is 2. The van der Waals surface area contributed by atoms with Gasteiger partial charge < -0.3 is 9.21 Å². The molecule has 0 spiro atoms. The largest absolute Gasteiger partial charge is 0.469 e. The van der Waals surface area contributed by atoms with Gasteiger partial charge in [-0.05, 0) is 36.8 Å². The highest BCUT2D eigenvalue weighted by atomic mass is 35.5. The molecule has 0 aliphatic carbocycles. The molecular formula is C14H13ClO2. The molecule has 0 aliphatic rings. The number of hydrogen-bond donors (Lipinski definition) is 0. The van der Waals surface area contributed by atoms with Crippen LogP contribution in [0.4, 0.5) is 0 Å². The van der Waals surface area contributed by atoms with Crippen LogP contribution >= 0.6 is 11.6 Å². The van der Waals surface area contributed by atoms with E-state index in [1.54, 1.807) is 18.4 Å². The third-order valence-corrected chi connectivity index (χ3v) is 3.14. The van der Waals surface area contributed by atoms with E-state index in [-0.39, 0.29) is 0 Å². The fourth-order valence-corrected chi connectivity index (χ4v) is 1.94. The van der Waals surface area contributed by atoms with Crippen molar-refractivity contribution in [2.45, 2.75) is 18.8 Å². The quantitative estimate of drug-likeness (QED) is 0.774. The number of furan rings is 1. The number of benzene rings is 1. The van der Waals surface area contributed by atoms with Crippen molar-refractivity contribution in [2.24, 2.45) is 0 Å². The summed E-state index contributed by atoms with van der Waals surface area (Å²) in [7, 11) is 0. The van der Waals surface area contributed by atoms with E-state index in [4.69, 9.17) is 16.0 Å². The summed E-state index contributed by atoms with van der Waals surface area (Å²) in [5.41, 5.74) is 0.357. The van der Waals surface area contributed by atoms with Gasteiger partial charge in [0.1, 0.15) is 12.0 Å². The molecule has 0 N–H and O–H groups in total. The molecule has 2 nitrogen and oxygen atoms in total. The van der Waals surface area contributed by atoms with Gasteiger partial charge in [0.2, 0.25) is 0 Å². The molecule has 3 heteroatoms. The van der Waals surface area contributed by atoms with Gasteiger partial charge in [-0.2, -0.15) is 0 Å². The zero-order valence-corrected chi connectivity index (χ0v) is 10.3. The van der Waals surface area contributed by atoms with Crippen LogP contribution in [0.3, 0.4) is 0 Å². The summed E-state index contributed by atoms with van der Waals surface area (Å²) in [5.74, 6) is 0.801. The lowest BCUT2D eigenvalue weighted by Gasteiger charge is -2.22. The Morgan fingerprint density at radius 2 is 2.00 bits per heavy atom. The lowest BCUT2D eigenvalue weighted by Crippen LogP contribution is -2.26. The van der Waals surface area contributed by atoms with Crippen LogP contribution < -0.4 is 0 Å². The van der Waals surface area contributed by atoms with Crippen molar-refractivity contribution in [3.8, 4) is 0 Å². The average molecular weight is 249 g/mol. The van der Waals surface area contributed by atoms with Gasteiger partial charge >= 0.3 is 0 Å². The topological polar surface area (TPSA) is 30.2 Å². The summed E-state index contributed by atoms with van der Waals surface area (Å²) in [5, 5.41) is 0.667. The summed E-state index contributed by atoms with van der Waals surface area (Å²) < 4.78 is 5.29. The normalized spacial score (nSPS) is 14.2. The molecule has 2 aromatic rings. The molecule has 0 radical (unpaired) electrons. The predicted molar refractivity (Wildman–Crippen MR) is 67.3 cm³/mol. The van der Waals surface area contributed by atoms with E-state index in [0.29, 0.717) is 11.4 Å². The van der Waals surface area contributed by atoms with Gasteiger partial charge in [0.25, 0.3) is 0 Å². The maximum Gasteiger partial charge on any atom is 0.130 e. The van der Waals surface area contributed by atoms with E-state index in [0.717, 1.165) is 17.6 Å². The van der Waals surface area contributed by atoms with Crippen molar-refractivity contribution in [1.29, 1.82) is 0 Å². The fraction of sp³-hybridized carbons (Fsp3) is 0.214. The Kier molecular flexibility index (Phi) is 3.34. The average Bonchev–Trinajstić information content (AvgIpc) is 2.82. The van der Waals surface area contributed by atoms with Gasteiger partial charge in [0.15, 0.2) is 0 Å². The molecule has 0 saturated carbocycles. The Hall–Kier alpha value is -1.54. The highest BCUT2D eigenvalue weighted by molar-refractivity contribution is 6.30. The van der Waals surface area contributed by atoms with Gasteiger partial charge in [-0.25, -0.2) is 0 Å². The maximum absolute atomic E-state index is 11.4. The molecule has 2 rings (SSSR count). The summed E-state index contributed by atoms with van der Waals surface area (Å²) in [6.45, 7) is 1.89. The molecule has 0 amide bonds. The van der Waals surface area contributed by atoms with Crippen molar-refractivity contribution in [2.75, 3.05) is 0 Å². The number of aldehydes is 1. The van der Waals surface area contributed by atoms with Crippen molar-refractivity contribution in [3.63, 3.8) is 0 Å². The number of carbonyl (C=O) groups is 1. The molecule has 0 fully saturated rings. The van der Waals surface area contributed by atoms with E-state index < -0.39 is 5.41 Å². The second-order valence-electron chi connectivity index (χ2n) is 4.30. The van der Waals surface area contributed by atoms with Crippen LogP contribution in [-0.4, -0.2) is 6.29 Å². The molecule has 1 atom stereocenters. The Morgan fingerprint density at radius 1 is 1.29 bits per heavy atom. The molecule has 17 heavy (non-hydrogen) atoms. The minimum absolute atomic E-state index is 0.547. The number of halogens is 1. The van der Waals surface area contributed by atoms with Crippen LogP contribution in [0.25, 0.3) is 0 Å². The Bertz CT molecular complexity index is 487. The predicted octanol–water partition coefficient (Wildman–Crippen LogP) is 3.63. The van der Waals surface area contributed by atoms with E-state index in [2.05, 4.69) is 0 Å². The van der Waals surface area contributed by atoms with Crippen LogP contribution in [0, 0.1) is 0 Å². The standard InChI is InChI=1S/C14H13ClO2/c1-14(10-16,9-13-3-2-8-17-13)11-4-6-12(15)7-5-11/h2-8,10H,9H2,1H3. The molecule has 1 aromatic carbocycles. The van der Waals surface area contributed by atoms with Gasteiger partial charge in [-0.15, -0.1) is 0 Å². The highest BCUT2D eigenvalue weighted by Gasteiger charge is 2.27. The SMILES string of the molecule is CC(C=O)(Cc1ccco1)c1ccc(Cl)cc1. The summed E-state index contributed by atoms with van der Waals surface area (Å²) in [6, 6.07) is 11.0. The first-order chi connectivity index (χ1) is 8.14. The highest BCUT2D eigenvalue weighted by Crippen LogP contribution is 2.27. The minimum Gasteiger partial charge on any atom is -0.469 e. The molecule has 1 aromatic heterocycles. The van der Waals surface area contributed by atoms with Gasteiger partial charge in [0.05, 0.1) is 11.7 Å². The first kappa shape index (κ1) is 11.9. The molecular weight excluding hydrogens is 236 g/mol. The Labute approximate surface area is 105 Å². The lowest BCUT2D eigenvalue weighted by molar-refractivity contribution is -0.112. The van der Waals surface area contributed by atoms with E-state index in [1.807, 2.05) is 31.2 Å². The van der Waals surface area contributed by atoms with Gasteiger partial charge in [0, 0.05) is 11.4 Å². The molecule has 88 valence electrons. The first-order valence-corrected chi connectivity index (χ1v) is 5.76. The van der Waals surface area contributed by atoms with Crippen molar-refractivity contribution >= 4 is 17.9 Å². The second-order valence-corrected chi connectivity index (χ2v) is 4.73. The van der Waals surface area contributed by atoms with Crippen molar-refractivity contribution < 1.29 is 9.21 Å². The monoisotopic (exact) mass is 248 g/mol. The number of carbonyl (C=O) groups excluding carboxylic acids is 1. The molecule has 0 saturated heterocycles. The minimum atomic E-state index is -0.581. The van der Waals surface area contributed by atoms with Crippen LogP contribution in [0.1, 0.15) is 18.2 Å². The summed E-state index contributed by atoms with van der Waals surface area (Å²) >= 11 is 5.84. The van der Waals surface area contributed by atoms with Crippen LogP contribution in [0.15, 0.2) is 47.1 Å². The van der Waals surface area contributed by atoms with Crippen LogP contribution in [0.2, 0.25) is 5.02 Å². The second kappa shape index (κ2) is 4.76. The Morgan fingerprint density at radius 3 is 2.53 bits per heavy atom. The smallest absolute Gasteiger partial charge is 0.130 e. The lowest BCUT2D eigenvalue weighted by atomic mass is 9.80. The molecule has 0 aliphatic heterocycles. The zero-order valence-electron chi connectivity index (χ0n) is 9.52. The maximum atomic E-state index is 11.4. The molecule has 1 unspecified atom stereocenters. The third kappa shape index (κ3) is 2.59. The van der Waals surface area contributed by atoms with Crippen molar-refractivity contribution in [1.82, 2.24) is 0 Å². The molecule has 1 heterocycles. The summed E-state index contributed by atoms with van der Waals surface area (Å²) in [4.78, 5) is 11.4. The zero-order chi connectivity index (χ0) is 12.3. The van der Waals surface area contributed by atoms with Gasteiger partial charge in [-0.3, -0.25) is 0 Å². The summed E-state index contributed by atoms with van der Waals surface area (Å²) in [6.07, 6.45) is 3.12. The Balaban J connectivity index is 2.30. The van der Waals surface area contributed by atoms with Crippen LogP contribution in [-0.2, 0) is 16.6 Å². The molecule has 0 bridgehead atoms. The van der Waals surface area contributed by atoms with E-state index in [9.17, 15) is 4.79 Å². The third-order valence-electron chi connectivity index (χ3n) is 2.89. The van der Waals surface area contributed by atoms with Gasteiger partial charge in [-0.1, -0.05) is 23.7 Å². The number of rotatable bonds is 4. The fourth-order valence-electron chi connectivity index (χ4n) is 1.82. The first-order valence-electron chi connectivity index (χ1n) is 5.39. The van der Waals surface area contributed by atoms with Crippen LogP contribution in [0.5, 0.6) is 0 Å². The van der Waals surface area contributed by atoms with Crippen molar-refractivity contribution in [3.05, 3.63) is 59.0 Å². The van der Waals surface area contributed by atoms with E-state index >= 15 is 0 Å².